The Bertz CT molecular complexity index is 711. The highest BCUT2D eigenvalue weighted by molar-refractivity contribution is 5.77. The summed E-state index contributed by atoms with van der Waals surface area (Å²) in [6.45, 7) is 4.66. The molecule has 2 aromatic rings. The molecule has 2 atom stereocenters. The van der Waals surface area contributed by atoms with Crippen molar-refractivity contribution >= 4 is 5.91 Å². The zero-order valence-corrected chi connectivity index (χ0v) is 15.3. The lowest BCUT2D eigenvalue weighted by Crippen LogP contribution is -2.87. The monoisotopic (exact) mass is 337 g/mol. The Morgan fingerprint density at radius 2 is 1.72 bits per heavy atom. The lowest BCUT2D eigenvalue weighted by Gasteiger charge is -2.20. The van der Waals surface area contributed by atoms with Crippen LogP contribution in [0.2, 0.25) is 0 Å². The molecule has 0 fully saturated rings. The number of hydrogen-bond acceptors (Lipinski definition) is 1. The minimum absolute atomic E-state index is 0.0557. The standard InChI is InChI=1S/C22H28N2O/c1-16(18-8-4-3-5-9-18)23-15-22(25)24-17(2)20-13-12-19-10-6-7-11-21(19)14-20/h3-5,8-9,12-14,16-17,23H,6-7,10-11,15H2,1-2H3,(H,24,25)/p+1/t16-,17+/m0/s1. The Hall–Kier alpha value is -2.13. The fourth-order valence-corrected chi connectivity index (χ4v) is 3.58. The van der Waals surface area contributed by atoms with E-state index in [0.29, 0.717) is 6.54 Å². The maximum atomic E-state index is 12.3. The van der Waals surface area contributed by atoms with Gasteiger partial charge in [-0.15, -0.1) is 0 Å². The van der Waals surface area contributed by atoms with Crippen LogP contribution in [-0.2, 0) is 17.6 Å². The summed E-state index contributed by atoms with van der Waals surface area (Å²) in [4.78, 5) is 12.3. The van der Waals surface area contributed by atoms with Gasteiger partial charge in [0, 0.05) is 5.56 Å². The molecule has 3 nitrogen and oxygen atoms in total. The number of nitrogens with two attached hydrogens (primary N) is 1. The molecule has 2 aromatic carbocycles. The van der Waals surface area contributed by atoms with Crippen molar-refractivity contribution in [2.75, 3.05) is 6.54 Å². The highest BCUT2D eigenvalue weighted by Crippen LogP contribution is 2.24. The second kappa shape index (κ2) is 8.30. The third-order valence-electron chi connectivity index (χ3n) is 5.23. The highest BCUT2D eigenvalue weighted by atomic mass is 16.1. The molecule has 132 valence electrons. The molecule has 25 heavy (non-hydrogen) atoms. The number of quaternary nitrogens is 1. The van der Waals surface area contributed by atoms with E-state index in [1.54, 1.807) is 0 Å². The van der Waals surface area contributed by atoms with Crippen molar-refractivity contribution in [2.45, 2.75) is 51.6 Å². The van der Waals surface area contributed by atoms with E-state index in [9.17, 15) is 4.79 Å². The van der Waals surface area contributed by atoms with Gasteiger partial charge in [0.25, 0.3) is 5.91 Å². The second-order valence-corrected chi connectivity index (χ2v) is 7.16. The van der Waals surface area contributed by atoms with Crippen molar-refractivity contribution in [1.29, 1.82) is 0 Å². The molecule has 1 amide bonds. The number of carbonyl (C=O) groups is 1. The number of carbonyl (C=O) groups excluding carboxylic acids is 1. The van der Waals surface area contributed by atoms with Gasteiger partial charge in [-0.2, -0.15) is 0 Å². The van der Waals surface area contributed by atoms with Gasteiger partial charge in [-0.1, -0.05) is 48.5 Å². The molecule has 3 heteroatoms. The maximum Gasteiger partial charge on any atom is 0.275 e. The Morgan fingerprint density at radius 3 is 2.48 bits per heavy atom. The predicted molar refractivity (Wildman–Crippen MR) is 101 cm³/mol. The average Bonchev–Trinajstić information content (AvgIpc) is 2.66. The average molecular weight is 337 g/mol. The maximum absolute atomic E-state index is 12.3. The largest absolute Gasteiger partial charge is 0.345 e. The van der Waals surface area contributed by atoms with Crippen LogP contribution in [0, 0.1) is 0 Å². The summed E-state index contributed by atoms with van der Waals surface area (Å²) < 4.78 is 0. The first-order valence-corrected chi connectivity index (χ1v) is 9.43. The van der Waals surface area contributed by atoms with Gasteiger partial charge in [0.2, 0.25) is 0 Å². The summed E-state index contributed by atoms with van der Waals surface area (Å²) in [6, 6.07) is 17.4. The van der Waals surface area contributed by atoms with Gasteiger partial charge in [-0.3, -0.25) is 4.79 Å². The van der Waals surface area contributed by atoms with E-state index in [-0.39, 0.29) is 18.0 Å². The van der Waals surface area contributed by atoms with Gasteiger partial charge in [0.15, 0.2) is 6.54 Å². The Morgan fingerprint density at radius 1 is 1.00 bits per heavy atom. The van der Waals surface area contributed by atoms with Crippen LogP contribution in [0.3, 0.4) is 0 Å². The minimum Gasteiger partial charge on any atom is -0.345 e. The Balaban J connectivity index is 1.52. The van der Waals surface area contributed by atoms with E-state index in [1.807, 2.05) is 18.2 Å². The normalized spacial score (nSPS) is 15.9. The van der Waals surface area contributed by atoms with Crippen molar-refractivity contribution < 1.29 is 10.1 Å². The molecule has 1 aliphatic rings. The molecule has 1 aliphatic carbocycles. The zero-order valence-electron chi connectivity index (χ0n) is 15.3. The summed E-state index contributed by atoms with van der Waals surface area (Å²) in [5, 5.41) is 5.23. The van der Waals surface area contributed by atoms with Gasteiger partial charge in [0.05, 0.1) is 6.04 Å². The number of rotatable bonds is 6. The second-order valence-electron chi connectivity index (χ2n) is 7.16. The summed E-state index contributed by atoms with van der Waals surface area (Å²) in [5.74, 6) is 0.0907. The topological polar surface area (TPSA) is 45.7 Å². The van der Waals surface area contributed by atoms with Gasteiger partial charge in [0.1, 0.15) is 6.04 Å². The van der Waals surface area contributed by atoms with E-state index >= 15 is 0 Å². The summed E-state index contributed by atoms with van der Waals surface area (Å²) >= 11 is 0. The summed E-state index contributed by atoms with van der Waals surface area (Å²) in [7, 11) is 0. The molecule has 0 heterocycles. The lowest BCUT2D eigenvalue weighted by atomic mass is 9.89. The van der Waals surface area contributed by atoms with Crippen LogP contribution in [0.15, 0.2) is 48.5 Å². The molecule has 0 aromatic heterocycles. The van der Waals surface area contributed by atoms with Crippen LogP contribution in [0.1, 0.15) is 61.0 Å². The Labute approximate surface area is 150 Å². The number of aryl methyl sites for hydroxylation is 2. The molecule has 0 unspecified atom stereocenters. The predicted octanol–water partition coefficient (Wildman–Crippen LogP) is 3.07. The third-order valence-corrected chi connectivity index (χ3v) is 5.23. The third kappa shape index (κ3) is 4.70. The molecule has 0 bridgehead atoms. The molecule has 0 aliphatic heterocycles. The number of nitrogens with one attached hydrogen (secondary N) is 1. The molecule has 3 N–H and O–H groups in total. The van der Waals surface area contributed by atoms with Gasteiger partial charge in [-0.05, 0) is 56.2 Å². The number of amides is 1. The Kier molecular flexibility index (Phi) is 5.87. The molecular weight excluding hydrogens is 308 g/mol. The van der Waals surface area contributed by atoms with Crippen LogP contribution in [0.25, 0.3) is 0 Å². The van der Waals surface area contributed by atoms with Crippen LogP contribution in [0.5, 0.6) is 0 Å². The molecule has 0 spiro atoms. The summed E-state index contributed by atoms with van der Waals surface area (Å²) in [5.41, 5.74) is 5.41. The first-order chi connectivity index (χ1) is 12.1. The first kappa shape index (κ1) is 17.7. The van der Waals surface area contributed by atoms with Crippen LogP contribution in [-0.4, -0.2) is 12.5 Å². The van der Waals surface area contributed by atoms with E-state index in [1.165, 1.54) is 47.9 Å². The minimum atomic E-state index is 0.0557. The SMILES string of the molecule is C[C@H]([NH2+]CC(=O)N[C@H](C)c1ccc2c(c1)CCCC2)c1ccccc1. The molecule has 0 radical (unpaired) electrons. The molecule has 0 saturated carbocycles. The van der Waals surface area contributed by atoms with Crippen LogP contribution >= 0.6 is 0 Å². The van der Waals surface area contributed by atoms with Crippen molar-refractivity contribution in [3.8, 4) is 0 Å². The van der Waals surface area contributed by atoms with Crippen molar-refractivity contribution in [2.24, 2.45) is 0 Å². The van der Waals surface area contributed by atoms with Crippen molar-refractivity contribution in [1.82, 2.24) is 5.32 Å². The van der Waals surface area contributed by atoms with Gasteiger partial charge >= 0.3 is 0 Å². The van der Waals surface area contributed by atoms with Crippen LogP contribution in [0.4, 0.5) is 0 Å². The van der Waals surface area contributed by atoms with Gasteiger partial charge < -0.3 is 10.6 Å². The van der Waals surface area contributed by atoms with E-state index in [2.05, 4.69) is 54.8 Å². The van der Waals surface area contributed by atoms with Crippen molar-refractivity contribution in [3.63, 3.8) is 0 Å². The smallest absolute Gasteiger partial charge is 0.275 e. The van der Waals surface area contributed by atoms with E-state index in [4.69, 9.17) is 0 Å². The highest BCUT2D eigenvalue weighted by Gasteiger charge is 2.16. The number of fused-ring (bicyclic) bond motifs is 1. The fraction of sp³-hybridized carbons (Fsp3) is 0.409. The quantitative estimate of drug-likeness (QED) is 0.836. The molecule has 3 rings (SSSR count). The van der Waals surface area contributed by atoms with E-state index in [0.717, 1.165) is 0 Å². The summed E-state index contributed by atoms with van der Waals surface area (Å²) in [6.07, 6.45) is 4.95. The fourth-order valence-electron chi connectivity index (χ4n) is 3.58. The lowest BCUT2D eigenvalue weighted by molar-refractivity contribution is -0.682. The van der Waals surface area contributed by atoms with Gasteiger partial charge in [-0.25, -0.2) is 0 Å². The van der Waals surface area contributed by atoms with E-state index < -0.39 is 0 Å². The first-order valence-electron chi connectivity index (χ1n) is 9.43. The zero-order chi connectivity index (χ0) is 17.6. The number of hydrogen-bond donors (Lipinski definition) is 2. The van der Waals surface area contributed by atoms with Crippen molar-refractivity contribution in [3.05, 3.63) is 70.8 Å². The van der Waals surface area contributed by atoms with Crippen LogP contribution < -0.4 is 10.6 Å². The molecule has 0 saturated heterocycles. The molecular formula is C22H29N2O+. The number of benzene rings is 2.